The van der Waals surface area contributed by atoms with E-state index in [1.165, 1.54) is 0 Å². The second-order valence-electron chi connectivity index (χ2n) is 5.79. The Bertz CT molecular complexity index is 914. The van der Waals surface area contributed by atoms with Crippen LogP contribution in [0.15, 0.2) is 39.8 Å². The summed E-state index contributed by atoms with van der Waals surface area (Å²) < 4.78 is 5.36. The molecule has 4 rings (SSSR count). The first-order valence-corrected chi connectivity index (χ1v) is 8.14. The number of rotatable bonds is 3. The maximum Gasteiger partial charge on any atom is 0.285 e. The van der Waals surface area contributed by atoms with E-state index in [9.17, 15) is 4.79 Å². The van der Waals surface area contributed by atoms with Gasteiger partial charge in [-0.1, -0.05) is 28.9 Å². The summed E-state index contributed by atoms with van der Waals surface area (Å²) in [6.45, 7) is 4.00. The predicted molar refractivity (Wildman–Crippen MR) is 91.4 cm³/mol. The van der Waals surface area contributed by atoms with Gasteiger partial charge in [0.15, 0.2) is 5.58 Å². The molecule has 0 unspecified atom stereocenters. The van der Waals surface area contributed by atoms with E-state index in [0.717, 1.165) is 49.4 Å². The summed E-state index contributed by atoms with van der Waals surface area (Å²) in [5, 5.41) is 11.6. The number of hydrogen-bond donors (Lipinski definition) is 1. The zero-order valence-corrected chi connectivity index (χ0v) is 13.7. The van der Waals surface area contributed by atoms with Gasteiger partial charge in [-0.3, -0.25) is 9.69 Å². The van der Waals surface area contributed by atoms with E-state index >= 15 is 0 Å². The Balaban J connectivity index is 1.45. The van der Waals surface area contributed by atoms with Gasteiger partial charge in [0.05, 0.1) is 11.9 Å². The normalized spacial score (nSPS) is 16.0. The molecule has 124 valence electrons. The van der Waals surface area contributed by atoms with Crippen molar-refractivity contribution in [2.75, 3.05) is 31.1 Å². The van der Waals surface area contributed by atoms with E-state index in [1.807, 2.05) is 24.3 Å². The van der Waals surface area contributed by atoms with Gasteiger partial charge in [0.25, 0.3) is 5.56 Å². The number of aromatic amines is 1. The molecule has 1 fully saturated rings. The van der Waals surface area contributed by atoms with Crippen LogP contribution < -0.4 is 10.5 Å². The predicted octanol–water partition coefficient (Wildman–Crippen LogP) is 1.89. The molecule has 1 N–H and O–H groups in total. The highest BCUT2D eigenvalue weighted by Gasteiger charge is 2.21. The second-order valence-corrected chi connectivity index (χ2v) is 6.16. The minimum Gasteiger partial charge on any atom is -0.366 e. The molecule has 3 heterocycles. The lowest BCUT2D eigenvalue weighted by atomic mass is 10.2. The molecule has 0 aliphatic carbocycles. The van der Waals surface area contributed by atoms with Gasteiger partial charge in [0, 0.05) is 38.1 Å². The van der Waals surface area contributed by atoms with E-state index in [0.29, 0.717) is 5.69 Å². The van der Waals surface area contributed by atoms with Gasteiger partial charge in [-0.2, -0.15) is 5.10 Å². The molecule has 1 aromatic carbocycles. The number of para-hydroxylation sites is 1. The first-order valence-electron chi connectivity index (χ1n) is 7.76. The van der Waals surface area contributed by atoms with E-state index in [2.05, 4.69) is 25.2 Å². The summed E-state index contributed by atoms with van der Waals surface area (Å²) >= 11 is 6.08. The van der Waals surface area contributed by atoms with Crippen LogP contribution in [0, 0.1) is 0 Å². The number of fused-ring (bicyclic) bond motifs is 1. The number of halogens is 1. The molecule has 0 saturated carbocycles. The molecule has 8 heteroatoms. The highest BCUT2D eigenvalue weighted by Crippen LogP contribution is 2.23. The van der Waals surface area contributed by atoms with Crippen LogP contribution >= 0.6 is 11.6 Å². The van der Waals surface area contributed by atoms with Crippen LogP contribution in [0.5, 0.6) is 0 Å². The fourth-order valence-corrected chi connectivity index (χ4v) is 3.22. The molecule has 0 atom stereocenters. The molecule has 1 aliphatic heterocycles. The van der Waals surface area contributed by atoms with Crippen molar-refractivity contribution in [2.45, 2.75) is 6.54 Å². The van der Waals surface area contributed by atoms with Crippen LogP contribution in [-0.2, 0) is 6.54 Å². The SMILES string of the molecule is O=c1[nH]ncc(N2CCN(Cc3noc4ccccc34)CC2)c1Cl. The van der Waals surface area contributed by atoms with Crippen LogP contribution in [-0.4, -0.2) is 46.4 Å². The number of anilines is 1. The lowest BCUT2D eigenvalue weighted by Gasteiger charge is -2.35. The number of H-pyrrole nitrogens is 1. The van der Waals surface area contributed by atoms with Crippen molar-refractivity contribution in [3.63, 3.8) is 0 Å². The van der Waals surface area contributed by atoms with Gasteiger partial charge in [-0.15, -0.1) is 0 Å². The molecule has 1 saturated heterocycles. The van der Waals surface area contributed by atoms with Crippen molar-refractivity contribution in [1.82, 2.24) is 20.3 Å². The lowest BCUT2D eigenvalue weighted by molar-refractivity contribution is 0.243. The van der Waals surface area contributed by atoms with E-state index in [-0.39, 0.29) is 10.6 Å². The lowest BCUT2D eigenvalue weighted by Crippen LogP contribution is -2.46. The maximum absolute atomic E-state index is 11.6. The van der Waals surface area contributed by atoms with Crippen LogP contribution in [0.3, 0.4) is 0 Å². The third-order valence-electron chi connectivity index (χ3n) is 4.32. The van der Waals surface area contributed by atoms with Gasteiger partial charge in [-0.05, 0) is 12.1 Å². The summed E-state index contributed by atoms with van der Waals surface area (Å²) in [4.78, 5) is 16.0. The summed E-state index contributed by atoms with van der Waals surface area (Å²) in [7, 11) is 0. The first kappa shape index (κ1) is 15.2. The minimum atomic E-state index is -0.356. The van der Waals surface area contributed by atoms with Crippen LogP contribution in [0.2, 0.25) is 5.02 Å². The molecule has 24 heavy (non-hydrogen) atoms. The third-order valence-corrected chi connectivity index (χ3v) is 4.68. The monoisotopic (exact) mass is 345 g/mol. The minimum absolute atomic E-state index is 0.195. The van der Waals surface area contributed by atoms with Crippen LogP contribution in [0.4, 0.5) is 5.69 Å². The Kier molecular flexibility index (Phi) is 3.95. The highest BCUT2D eigenvalue weighted by atomic mass is 35.5. The standard InChI is InChI=1S/C16H16ClN5O2/c17-15-13(9-18-19-16(15)23)22-7-5-21(6-8-22)10-12-11-3-1-2-4-14(11)24-20-12/h1-4,9H,5-8,10H2,(H,19,23). The third kappa shape index (κ3) is 2.76. The largest absolute Gasteiger partial charge is 0.366 e. The molecule has 3 aromatic rings. The fourth-order valence-electron chi connectivity index (χ4n) is 3.01. The Morgan fingerprint density at radius 2 is 2.00 bits per heavy atom. The van der Waals surface area contributed by atoms with Crippen molar-refractivity contribution in [2.24, 2.45) is 0 Å². The number of piperazine rings is 1. The molecular weight excluding hydrogens is 330 g/mol. The van der Waals surface area contributed by atoms with Crippen molar-refractivity contribution < 1.29 is 4.52 Å². The van der Waals surface area contributed by atoms with Crippen molar-refractivity contribution in [3.8, 4) is 0 Å². The molecule has 0 amide bonds. The molecule has 0 radical (unpaired) electrons. The summed E-state index contributed by atoms with van der Waals surface area (Å²) in [6.07, 6.45) is 1.60. The Labute approximate surface area is 142 Å². The average molecular weight is 346 g/mol. The Morgan fingerprint density at radius 1 is 1.21 bits per heavy atom. The molecule has 0 bridgehead atoms. The van der Waals surface area contributed by atoms with E-state index < -0.39 is 0 Å². The number of aromatic nitrogens is 3. The zero-order chi connectivity index (χ0) is 16.5. The molecule has 2 aromatic heterocycles. The summed E-state index contributed by atoms with van der Waals surface area (Å²) in [6, 6.07) is 7.88. The number of nitrogens with one attached hydrogen (secondary N) is 1. The Morgan fingerprint density at radius 3 is 2.83 bits per heavy atom. The van der Waals surface area contributed by atoms with Gasteiger partial charge in [0.1, 0.15) is 10.7 Å². The van der Waals surface area contributed by atoms with E-state index in [4.69, 9.17) is 16.1 Å². The smallest absolute Gasteiger partial charge is 0.285 e. The quantitative estimate of drug-likeness (QED) is 0.781. The van der Waals surface area contributed by atoms with Crippen molar-refractivity contribution in [3.05, 3.63) is 51.5 Å². The summed E-state index contributed by atoms with van der Waals surface area (Å²) in [5.41, 5.74) is 2.10. The van der Waals surface area contributed by atoms with Crippen LogP contribution in [0.1, 0.15) is 5.69 Å². The molecule has 0 spiro atoms. The van der Waals surface area contributed by atoms with Gasteiger partial charge in [-0.25, -0.2) is 5.10 Å². The summed E-state index contributed by atoms with van der Waals surface area (Å²) in [5.74, 6) is 0. The number of nitrogens with zero attached hydrogens (tertiary/aromatic N) is 4. The van der Waals surface area contributed by atoms with Gasteiger partial charge in [0.2, 0.25) is 0 Å². The average Bonchev–Trinajstić information content (AvgIpc) is 3.01. The molecule has 7 nitrogen and oxygen atoms in total. The Hall–Kier alpha value is -2.38. The van der Waals surface area contributed by atoms with Crippen molar-refractivity contribution >= 4 is 28.3 Å². The molecule has 1 aliphatic rings. The maximum atomic E-state index is 11.6. The fraction of sp³-hybridized carbons (Fsp3) is 0.312. The van der Waals surface area contributed by atoms with Crippen LogP contribution in [0.25, 0.3) is 11.0 Å². The van der Waals surface area contributed by atoms with Gasteiger partial charge < -0.3 is 9.42 Å². The highest BCUT2D eigenvalue weighted by molar-refractivity contribution is 6.33. The van der Waals surface area contributed by atoms with Gasteiger partial charge >= 0.3 is 0 Å². The first-order chi connectivity index (χ1) is 11.7. The topological polar surface area (TPSA) is 78.3 Å². The second kappa shape index (κ2) is 6.26. The molecular formula is C16H16ClN5O2. The number of benzene rings is 1. The van der Waals surface area contributed by atoms with E-state index in [1.54, 1.807) is 6.20 Å². The van der Waals surface area contributed by atoms with Crippen molar-refractivity contribution in [1.29, 1.82) is 0 Å². The number of hydrogen-bond acceptors (Lipinski definition) is 6. The zero-order valence-electron chi connectivity index (χ0n) is 12.9.